The summed E-state index contributed by atoms with van der Waals surface area (Å²) in [6, 6.07) is 1.70. The van der Waals surface area contributed by atoms with E-state index in [0.29, 0.717) is 31.6 Å². The van der Waals surface area contributed by atoms with Crippen molar-refractivity contribution in [1.82, 2.24) is 15.1 Å². The predicted octanol–water partition coefficient (Wildman–Crippen LogP) is 1.45. The summed E-state index contributed by atoms with van der Waals surface area (Å²) >= 11 is 0. The van der Waals surface area contributed by atoms with Crippen LogP contribution in [-0.2, 0) is 4.74 Å². The Labute approximate surface area is 130 Å². The van der Waals surface area contributed by atoms with Crippen LogP contribution >= 0.6 is 0 Å². The number of nitrogens with zero attached hydrogens (tertiary/aromatic N) is 2. The molecule has 7 nitrogen and oxygen atoms in total. The van der Waals surface area contributed by atoms with Gasteiger partial charge in [0.25, 0.3) is 0 Å². The van der Waals surface area contributed by atoms with Gasteiger partial charge in [-0.1, -0.05) is 0 Å². The topological polar surface area (TPSA) is 98.7 Å². The Hall–Kier alpha value is -1.60. The maximum absolute atomic E-state index is 12.1. The normalized spacial score (nSPS) is 19.8. The number of likely N-dealkylation sites (tertiary alicyclic amines) is 1. The average Bonchev–Trinajstić information content (AvgIpc) is 2.99. The largest absolute Gasteiger partial charge is 0.444 e. The number of piperidine rings is 1. The number of carbonyl (C=O) groups excluding carboxylic acids is 1. The van der Waals surface area contributed by atoms with Crippen molar-refractivity contribution in [2.45, 2.75) is 45.3 Å². The Balaban J connectivity index is 2.01. The van der Waals surface area contributed by atoms with E-state index in [1.807, 2.05) is 20.8 Å². The van der Waals surface area contributed by atoms with Gasteiger partial charge < -0.3 is 19.8 Å². The standard InChI is InChI=1S/C15H25N3O4/c1-14(2,3)22-13(21)18-8-5-15(10-19,6-9-18)12(20)11-4-7-16-17-11/h4,7,12,19-20H,5-6,8-10H2,1-3H3,(H,16,17). The van der Waals surface area contributed by atoms with Crippen molar-refractivity contribution in [1.29, 1.82) is 0 Å². The zero-order valence-electron chi connectivity index (χ0n) is 13.4. The third-order valence-corrected chi connectivity index (χ3v) is 4.12. The second-order valence-electron chi connectivity index (χ2n) is 6.90. The van der Waals surface area contributed by atoms with E-state index in [2.05, 4.69) is 10.2 Å². The molecule has 2 heterocycles. The first-order valence-electron chi connectivity index (χ1n) is 7.53. The molecule has 1 saturated heterocycles. The van der Waals surface area contributed by atoms with Crippen LogP contribution < -0.4 is 0 Å². The molecule has 7 heteroatoms. The maximum Gasteiger partial charge on any atom is 0.410 e. The van der Waals surface area contributed by atoms with E-state index >= 15 is 0 Å². The van der Waals surface area contributed by atoms with Crippen molar-refractivity contribution in [2.75, 3.05) is 19.7 Å². The molecule has 1 aromatic heterocycles. The molecule has 1 aromatic rings. The fourth-order valence-electron chi connectivity index (χ4n) is 2.73. The first-order valence-corrected chi connectivity index (χ1v) is 7.53. The lowest BCUT2D eigenvalue weighted by Gasteiger charge is -2.43. The minimum absolute atomic E-state index is 0.144. The number of nitrogens with one attached hydrogen (secondary N) is 1. The molecule has 0 bridgehead atoms. The summed E-state index contributed by atoms with van der Waals surface area (Å²) in [5.41, 5.74) is -0.608. The van der Waals surface area contributed by atoms with E-state index in [9.17, 15) is 15.0 Å². The number of amides is 1. The zero-order valence-corrected chi connectivity index (χ0v) is 13.4. The molecule has 0 spiro atoms. The van der Waals surface area contributed by atoms with Crippen molar-refractivity contribution in [3.05, 3.63) is 18.0 Å². The molecule has 1 aliphatic heterocycles. The number of hydrogen-bond donors (Lipinski definition) is 3. The SMILES string of the molecule is CC(C)(C)OC(=O)N1CCC(CO)(C(O)c2ccn[nH]2)CC1. The van der Waals surface area contributed by atoms with E-state index in [1.54, 1.807) is 17.2 Å². The van der Waals surface area contributed by atoms with Crippen molar-refractivity contribution in [3.63, 3.8) is 0 Å². The van der Waals surface area contributed by atoms with Gasteiger partial charge in [-0.15, -0.1) is 0 Å². The van der Waals surface area contributed by atoms with Gasteiger partial charge in [-0.05, 0) is 39.7 Å². The molecule has 0 saturated carbocycles. The number of aliphatic hydroxyl groups is 2. The van der Waals surface area contributed by atoms with Gasteiger partial charge in [-0.3, -0.25) is 5.10 Å². The number of rotatable bonds is 3. The van der Waals surface area contributed by atoms with Crippen LogP contribution in [0.5, 0.6) is 0 Å². The number of aromatic amines is 1. The summed E-state index contributed by atoms with van der Waals surface area (Å²) < 4.78 is 5.36. The monoisotopic (exact) mass is 311 g/mol. The zero-order chi connectivity index (χ0) is 16.4. The molecular weight excluding hydrogens is 286 g/mol. The van der Waals surface area contributed by atoms with Crippen LogP contribution in [0, 0.1) is 5.41 Å². The Bertz CT molecular complexity index is 487. The highest BCUT2D eigenvalue weighted by atomic mass is 16.6. The van der Waals surface area contributed by atoms with Gasteiger partial charge in [0.05, 0.1) is 12.3 Å². The molecule has 22 heavy (non-hydrogen) atoms. The van der Waals surface area contributed by atoms with Gasteiger partial charge in [-0.25, -0.2) is 4.79 Å². The molecule has 1 fully saturated rings. The van der Waals surface area contributed by atoms with E-state index in [4.69, 9.17) is 4.74 Å². The highest BCUT2D eigenvalue weighted by Crippen LogP contribution is 2.42. The summed E-state index contributed by atoms with van der Waals surface area (Å²) in [5.74, 6) is 0. The number of carbonyl (C=O) groups is 1. The third-order valence-electron chi connectivity index (χ3n) is 4.12. The van der Waals surface area contributed by atoms with Gasteiger partial charge in [0.15, 0.2) is 0 Å². The van der Waals surface area contributed by atoms with Crippen LogP contribution in [0.4, 0.5) is 4.79 Å². The lowest BCUT2D eigenvalue weighted by molar-refractivity contribution is -0.0648. The molecule has 0 radical (unpaired) electrons. The van der Waals surface area contributed by atoms with E-state index < -0.39 is 17.1 Å². The molecule has 0 aromatic carbocycles. The summed E-state index contributed by atoms with van der Waals surface area (Å²) in [6.45, 7) is 6.23. The highest BCUT2D eigenvalue weighted by Gasteiger charge is 2.43. The molecule has 1 unspecified atom stereocenters. The molecule has 1 aliphatic rings. The van der Waals surface area contributed by atoms with Crippen LogP contribution in [0.1, 0.15) is 45.4 Å². The molecule has 1 atom stereocenters. The Morgan fingerprint density at radius 3 is 2.59 bits per heavy atom. The van der Waals surface area contributed by atoms with Crippen LogP contribution in [-0.4, -0.2) is 56.7 Å². The smallest absolute Gasteiger partial charge is 0.410 e. The summed E-state index contributed by atoms with van der Waals surface area (Å²) in [6.07, 6.45) is 1.39. The van der Waals surface area contributed by atoms with Crippen LogP contribution in [0.3, 0.4) is 0 Å². The van der Waals surface area contributed by atoms with Crippen molar-refractivity contribution >= 4 is 6.09 Å². The second-order valence-corrected chi connectivity index (χ2v) is 6.90. The highest BCUT2D eigenvalue weighted by molar-refractivity contribution is 5.68. The van der Waals surface area contributed by atoms with E-state index in [1.165, 1.54) is 0 Å². The van der Waals surface area contributed by atoms with Crippen LogP contribution in [0.25, 0.3) is 0 Å². The summed E-state index contributed by atoms with van der Waals surface area (Å²) in [4.78, 5) is 13.7. The van der Waals surface area contributed by atoms with Gasteiger partial charge in [0.2, 0.25) is 0 Å². The van der Waals surface area contributed by atoms with Gasteiger partial charge in [0.1, 0.15) is 11.7 Å². The lowest BCUT2D eigenvalue weighted by atomic mass is 9.73. The molecule has 124 valence electrons. The van der Waals surface area contributed by atoms with Crippen LogP contribution in [0.2, 0.25) is 0 Å². The van der Waals surface area contributed by atoms with Crippen molar-refractivity contribution < 1.29 is 19.7 Å². The quantitative estimate of drug-likeness (QED) is 0.785. The van der Waals surface area contributed by atoms with E-state index in [-0.39, 0.29) is 12.7 Å². The first-order chi connectivity index (χ1) is 10.3. The van der Waals surface area contributed by atoms with Crippen LogP contribution in [0.15, 0.2) is 12.3 Å². The lowest BCUT2D eigenvalue weighted by Crippen LogP contribution is -2.48. The number of aromatic nitrogens is 2. The summed E-state index contributed by atoms with van der Waals surface area (Å²) in [7, 11) is 0. The summed E-state index contributed by atoms with van der Waals surface area (Å²) in [5, 5.41) is 26.9. The van der Waals surface area contributed by atoms with Gasteiger partial charge in [0, 0.05) is 24.7 Å². The first kappa shape index (κ1) is 16.8. The van der Waals surface area contributed by atoms with Crippen molar-refractivity contribution in [3.8, 4) is 0 Å². The average molecular weight is 311 g/mol. The number of H-pyrrole nitrogens is 1. The fraction of sp³-hybridized carbons (Fsp3) is 0.733. The third kappa shape index (κ3) is 3.59. The van der Waals surface area contributed by atoms with Crippen molar-refractivity contribution in [2.24, 2.45) is 5.41 Å². The molecule has 0 aliphatic carbocycles. The van der Waals surface area contributed by atoms with Gasteiger partial charge in [-0.2, -0.15) is 5.10 Å². The predicted molar refractivity (Wildman–Crippen MR) is 80.1 cm³/mol. The molecular formula is C15H25N3O4. The minimum Gasteiger partial charge on any atom is -0.444 e. The number of hydrogen-bond acceptors (Lipinski definition) is 5. The minimum atomic E-state index is -0.833. The fourth-order valence-corrected chi connectivity index (χ4v) is 2.73. The number of aliphatic hydroxyl groups excluding tert-OH is 2. The Morgan fingerprint density at radius 1 is 1.50 bits per heavy atom. The Kier molecular flexibility index (Phi) is 4.77. The Morgan fingerprint density at radius 2 is 2.14 bits per heavy atom. The maximum atomic E-state index is 12.1. The number of ether oxygens (including phenoxy) is 1. The second kappa shape index (κ2) is 6.26. The molecule has 1 amide bonds. The molecule has 3 N–H and O–H groups in total. The molecule has 2 rings (SSSR count). The van der Waals surface area contributed by atoms with E-state index in [0.717, 1.165) is 0 Å². The van der Waals surface area contributed by atoms with Gasteiger partial charge >= 0.3 is 6.09 Å².